The Morgan fingerprint density at radius 3 is 2.97 bits per heavy atom. The summed E-state index contributed by atoms with van der Waals surface area (Å²) in [5.74, 6) is 0.276. The highest BCUT2D eigenvalue weighted by molar-refractivity contribution is 5.89. The van der Waals surface area contributed by atoms with Crippen LogP contribution in [-0.4, -0.2) is 73.6 Å². The molecule has 10 nitrogen and oxygen atoms in total. The van der Waals surface area contributed by atoms with Crippen molar-refractivity contribution in [1.82, 2.24) is 29.6 Å². The highest BCUT2D eigenvalue weighted by Gasteiger charge is 2.29. The first-order valence-corrected chi connectivity index (χ1v) is 10.5. The molecule has 0 bridgehead atoms. The maximum atomic E-state index is 12.9. The van der Waals surface area contributed by atoms with Crippen molar-refractivity contribution < 1.29 is 24.7 Å². The molecular formula is C21H23F2N7O3. The second kappa shape index (κ2) is 8.87. The first-order chi connectivity index (χ1) is 16.5. The van der Waals surface area contributed by atoms with Gasteiger partial charge in [0.2, 0.25) is 11.5 Å². The van der Waals surface area contributed by atoms with Gasteiger partial charge in [0.25, 0.3) is 6.43 Å². The smallest absolute Gasteiger partial charge is 0.258 e. The Hall–Kier alpha value is -3.38. The van der Waals surface area contributed by atoms with Gasteiger partial charge in [-0.15, -0.1) is 5.10 Å². The summed E-state index contributed by atoms with van der Waals surface area (Å²) in [4.78, 5) is 9.07. The van der Waals surface area contributed by atoms with Gasteiger partial charge in [0.05, 0.1) is 39.4 Å². The number of aliphatic hydroxyl groups is 1. The topological polar surface area (TPSA) is 115 Å². The van der Waals surface area contributed by atoms with E-state index in [1.165, 1.54) is 11.6 Å². The van der Waals surface area contributed by atoms with Crippen LogP contribution in [0.2, 0.25) is 0 Å². The Kier molecular flexibility index (Phi) is 5.44. The second-order valence-electron chi connectivity index (χ2n) is 7.76. The van der Waals surface area contributed by atoms with Crippen molar-refractivity contribution in [2.24, 2.45) is 4.99 Å². The lowest BCUT2D eigenvalue weighted by Gasteiger charge is -2.31. The quantitative estimate of drug-likeness (QED) is 0.414. The fraction of sp³-hybridized carbons (Fsp3) is 0.429. The van der Waals surface area contributed by atoms with Crippen LogP contribution in [0.3, 0.4) is 0 Å². The third kappa shape index (κ3) is 4.18. The van der Waals surface area contributed by atoms with Crippen LogP contribution in [0.1, 0.15) is 14.2 Å². The van der Waals surface area contributed by atoms with Gasteiger partial charge in [-0.25, -0.2) is 18.5 Å². The molecule has 1 saturated carbocycles. The highest BCUT2D eigenvalue weighted by atomic mass is 19.3. The molecule has 0 amide bonds. The van der Waals surface area contributed by atoms with Gasteiger partial charge in [-0.1, -0.05) is 11.3 Å². The zero-order chi connectivity index (χ0) is 23.8. The molecular weight excluding hydrogens is 436 g/mol. The Morgan fingerprint density at radius 1 is 1.36 bits per heavy atom. The minimum atomic E-state index is -2.56. The SMILES string of the molecule is [2H]c1cc(-c2ccc3nnn(CC(F)F)c3c2)c2c(OC)nc(=NC3CC(OCCO)C3)[nH]n12. The van der Waals surface area contributed by atoms with Crippen LogP contribution in [0.15, 0.2) is 35.4 Å². The molecule has 3 aromatic heterocycles. The first-order valence-electron chi connectivity index (χ1n) is 11.0. The number of ether oxygens (including phenoxy) is 2. The van der Waals surface area contributed by atoms with Gasteiger partial charge in [-0.3, -0.25) is 9.61 Å². The van der Waals surface area contributed by atoms with E-state index in [4.69, 9.17) is 16.0 Å². The standard InChI is InChI=1S/C21H23F2N7O3/c1-32-20-19-15(12-2-3-16-17(8-12)30(28-26-16)11-18(22)23)4-5-29(19)27-21(25-20)24-13-9-14(10-13)33-7-6-31/h2-5,8,13-14,18,31H,6-7,9-11H2,1H3,(H,24,27)/i5D. The van der Waals surface area contributed by atoms with Crippen molar-refractivity contribution in [1.29, 1.82) is 0 Å². The third-order valence-corrected chi connectivity index (χ3v) is 5.59. The summed E-state index contributed by atoms with van der Waals surface area (Å²) in [5, 5.41) is 19.7. The number of hydrogen-bond donors (Lipinski definition) is 2. The number of H-pyrrole nitrogens is 1. The summed E-state index contributed by atoms with van der Waals surface area (Å²) in [6.45, 7) is -0.265. The predicted molar refractivity (Wildman–Crippen MR) is 114 cm³/mol. The molecule has 3 heterocycles. The molecule has 0 saturated heterocycles. The lowest BCUT2D eigenvalue weighted by molar-refractivity contribution is -0.0233. The number of rotatable bonds is 8. The van der Waals surface area contributed by atoms with Gasteiger partial charge in [0.15, 0.2) is 0 Å². The molecule has 0 unspecified atom stereocenters. The van der Waals surface area contributed by atoms with Crippen molar-refractivity contribution in [3.8, 4) is 17.0 Å². The van der Waals surface area contributed by atoms with Crippen molar-refractivity contribution in [3.63, 3.8) is 0 Å². The maximum Gasteiger partial charge on any atom is 0.258 e. The molecule has 0 spiro atoms. The van der Waals surface area contributed by atoms with E-state index in [1.807, 2.05) is 0 Å². The van der Waals surface area contributed by atoms with E-state index in [2.05, 4.69) is 25.4 Å². The average Bonchev–Trinajstić information content (AvgIpc) is 3.35. The van der Waals surface area contributed by atoms with Gasteiger partial charge in [0, 0.05) is 11.7 Å². The molecule has 12 heteroatoms. The van der Waals surface area contributed by atoms with Crippen molar-refractivity contribution >= 4 is 16.6 Å². The molecule has 4 aromatic rings. The number of hydrogen-bond acceptors (Lipinski definition) is 7. The number of halogens is 2. The molecule has 0 radical (unpaired) electrons. The molecule has 174 valence electrons. The summed E-state index contributed by atoms with van der Waals surface area (Å²) in [6, 6.07) is 6.86. The summed E-state index contributed by atoms with van der Waals surface area (Å²) in [5.41, 5.74) is 3.14. The zero-order valence-electron chi connectivity index (χ0n) is 18.8. The largest absolute Gasteiger partial charge is 0.479 e. The van der Waals surface area contributed by atoms with Crippen molar-refractivity contribution in [2.75, 3.05) is 20.3 Å². The van der Waals surface area contributed by atoms with E-state index in [0.717, 1.165) is 17.5 Å². The van der Waals surface area contributed by atoms with Crippen LogP contribution >= 0.6 is 0 Å². The van der Waals surface area contributed by atoms with Gasteiger partial charge in [0.1, 0.15) is 17.6 Å². The number of fused-ring (bicyclic) bond motifs is 2. The number of nitrogens with zero attached hydrogens (tertiary/aromatic N) is 6. The highest BCUT2D eigenvalue weighted by Crippen LogP contribution is 2.32. The van der Waals surface area contributed by atoms with Crippen molar-refractivity contribution in [3.05, 3.63) is 36.1 Å². The second-order valence-corrected chi connectivity index (χ2v) is 7.76. The molecule has 2 N–H and O–H groups in total. The molecule has 0 aliphatic heterocycles. The Bertz CT molecular complexity index is 1390. The number of nitrogens with one attached hydrogen (secondary N) is 1. The molecule has 0 atom stereocenters. The van der Waals surface area contributed by atoms with E-state index in [1.54, 1.807) is 24.3 Å². The van der Waals surface area contributed by atoms with Crippen LogP contribution in [-0.2, 0) is 11.3 Å². The molecule has 1 aliphatic rings. The van der Waals surface area contributed by atoms with Crippen LogP contribution in [0.25, 0.3) is 27.7 Å². The summed E-state index contributed by atoms with van der Waals surface area (Å²) in [6.07, 6.45) is -0.891. The fourth-order valence-corrected chi connectivity index (χ4v) is 3.95. The van der Waals surface area contributed by atoms with E-state index >= 15 is 0 Å². The van der Waals surface area contributed by atoms with Crippen LogP contribution in [0.5, 0.6) is 5.88 Å². The molecule has 1 fully saturated rings. The van der Waals surface area contributed by atoms with Gasteiger partial charge < -0.3 is 14.6 Å². The van der Waals surface area contributed by atoms with Gasteiger partial charge in [-0.2, -0.15) is 4.98 Å². The monoisotopic (exact) mass is 460 g/mol. The van der Waals surface area contributed by atoms with Crippen LogP contribution < -0.4 is 10.4 Å². The molecule has 33 heavy (non-hydrogen) atoms. The van der Waals surface area contributed by atoms with E-state index in [0.29, 0.717) is 39.9 Å². The Morgan fingerprint density at radius 2 is 2.21 bits per heavy atom. The number of benzene rings is 1. The molecule has 1 aliphatic carbocycles. The van der Waals surface area contributed by atoms with E-state index in [9.17, 15) is 8.78 Å². The summed E-state index contributed by atoms with van der Waals surface area (Å²) < 4.78 is 48.0. The number of alkyl halides is 2. The summed E-state index contributed by atoms with van der Waals surface area (Å²) in [7, 11) is 1.49. The van der Waals surface area contributed by atoms with E-state index < -0.39 is 13.0 Å². The van der Waals surface area contributed by atoms with Gasteiger partial charge >= 0.3 is 0 Å². The fourth-order valence-electron chi connectivity index (χ4n) is 3.95. The van der Waals surface area contributed by atoms with E-state index in [-0.39, 0.29) is 30.8 Å². The molecule has 5 rings (SSSR count). The molecule has 1 aromatic carbocycles. The average molecular weight is 460 g/mol. The predicted octanol–water partition coefficient (Wildman–Crippen LogP) is 1.79. The third-order valence-electron chi connectivity index (χ3n) is 5.59. The normalized spacial score (nSPS) is 19.4. The van der Waals surface area contributed by atoms with Crippen LogP contribution in [0.4, 0.5) is 8.78 Å². The lowest BCUT2D eigenvalue weighted by atomic mass is 9.90. The minimum absolute atomic E-state index is 0.0121. The van der Waals surface area contributed by atoms with Crippen LogP contribution in [0, 0.1) is 0 Å². The Balaban J connectivity index is 1.53. The van der Waals surface area contributed by atoms with Gasteiger partial charge in [-0.05, 0) is 36.6 Å². The number of aromatic amines is 1. The lowest BCUT2D eigenvalue weighted by Crippen LogP contribution is -2.37. The maximum absolute atomic E-state index is 12.9. The first kappa shape index (κ1) is 20.2. The zero-order valence-corrected chi connectivity index (χ0v) is 17.8. The minimum Gasteiger partial charge on any atom is -0.479 e. The summed E-state index contributed by atoms with van der Waals surface area (Å²) >= 11 is 0. The van der Waals surface area contributed by atoms with Crippen molar-refractivity contribution in [2.45, 2.75) is 38.0 Å². The number of aliphatic hydroxyl groups excluding tert-OH is 1. The Labute approximate surface area is 187 Å². The number of methoxy groups -OCH3 is 1. The number of aromatic nitrogens is 6.